The van der Waals surface area contributed by atoms with Gasteiger partial charge in [-0.3, -0.25) is 14.4 Å². The maximum atomic E-state index is 16.1. The van der Waals surface area contributed by atoms with Crippen LogP contribution >= 0.6 is 0 Å². The number of likely N-dealkylation sites (tertiary alicyclic amines) is 1. The maximum absolute atomic E-state index is 16.1. The Morgan fingerprint density at radius 1 is 0.943 bits per heavy atom. The number of esters is 1. The molecular formula is C39H46F7N3O4. The third-order valence-corrected chi connectivity index (χ3v) is 9.38. The molecule has 14 heteroatoms. The number of ether oxygens (including phenoxy) is 1. The van der Waals surface area contributed by atoms with Crippen molar-refractivity contribution in [2.24, 2.45) is 11.8 Å². The minimum Gasteiger partial charge on any atom is -0.466 e. The highest BCUT2D eigenvalue weighted by atomic mass is 19.4. The van der Waals surface area contributed by atoms with E-state index in [0.717, 1.165) is 22.4 Å². The number of hydrogen-bond donors (Lipinski definition) is 1. The summed E-state index contributed by atoms with van der Waals surface area (Å²) in [5, 5.41) is 2.49. The number of carbonyl (C=O) groups is 2. The van der Waals surface area contributed by atoms with Gasteiger partial charge in [0.05, 0.1) is 30.2 Å². The molecule has 1 fully saturated rings. The van der Waals surface area contributed by atoms with E-state index in [-0.39, 0.29) is 43.0 Å². The fourth-order valence-electron chi connectivity index (χ4n) is 7.16. The average molecular weight is 754 g/mol. The van der Waals surface area contributed by atoms with E-state index in [9.17, 15) is 40.7 Å². The molecule has 0 radical (unpaired) electrons. The molecule has 1 unspecified atom stereocenters. The number of halogens is 7. The molecule has 2 aromatic carbocycles. The number of aryl methyl sites for hydroxylation is 3. The zero-order valence-corrected chi connectivity index (χ0v) is 30.9. The van der Waals surface area contributed by atoms with Crippen molar-refractivity contribution in [3.05, 3.63) is 91.6 Å². The number of hydrogen-bond acceptors (Lipinski definition) is 5. The Hall–Kier alpha value is -4.20. The van der Waals surface area contributed by atoms with Gasteiger partial charge in [-0.15, -0.1) is 0 Å². The molecule has 290 valence electrons. The van der Waals surface area contributed by atoms with Crippen LogP contribution in [0.15, 0.2) is 41.3 Å². The smallest absolute Gasteiger partial charge is 0.419 e. The van der Waals surface area contributed by atoms with Gasteiger partial charge in [0.2, 0.25) is 5.91 Å². The van der Waals surface area contributed by atoms with Crippen LogP contribution in [0.2, 0.25) is 0 Å². The highest BCUT2D eigenvalue weighted by Crippen LogP contribution is 2.40. The summed E-state index contributed by atoms with van der Waals surface area (Å²) >= 11 is 0. The van der Waals surface area contributed by atoms with Crippen molar-refractivity contribution < 1.29 is 45.1 Å². The predicted molar refractivity (Wildman–Crippen MR) is 187 cm³/mol. The number of alkyl halides is 6. The lowest BCUT2D eigenvalue weighted by Crippen LogP contribution is -2.46. The van der Waals surface area contributed by atoms with E-state index in [1.807, 2.05) is 18.7 Å². The van der Waals surface area contributed by atoms with Crippen molar-refractivity contribution in [2.45, 2.75) is 92.2 Å². The van der Waals surface area contributed by atoms with Crippen LogP contribution in [0.3, 0.4) is 0 Å². The maximum Gasteiger partial charge on any atom is 0.419 e. The van der Waals surface area contributed by atoms with Gasteiger partial charge in [-0.2, -0.15) is 26.3 Å². The van der Waals surface area contributed by atoms with Crippen LogP contribution in [0, 0.1) is 38.4 Å². The Morgan fingerprint density at radius 2 is 1.55 bits per heavy atom. The van der Waals surface area contributed by atoms with Crippen LogP contribution in [-0.4, -0.2) is 47.6 Å². The Labute approximate surface area is 304 Å². The van der Waals surface area contributed by atoms with Crippen LogP contribution in [0.5, 0.6) is 0 Å². The molecule has 53 heavy (non-hydrogen) atoms. The van der Waals surface area contributed by atoms with Crippen molar-refractivity contribution in [1.29, 1.82) is 0 Å². The second kappa shape index (κ2) is 16.4. The van der Waals surface area contributed by atoms with Gasteiger partial charge in [0.25, 0.3) is 5.56 Å². The highest BCUT2D eigenvalue weighted by molar-refractivity contribution is 5.82. The van der Waals surface area contributed by atoms with Crippen molar-refractivity contribution >= 4 is 11.9 Å². The number of rotatable bonds is 13. The van der Waals surface area contributed by atoms with E-state index in [1.165, 1.54) is 6.92 Å². The summed E-state index contributed by atoms with van der Waals surface area (Å²) in [5.74, 6) is -3.57. The Morgan fingerprint density at radius 3 is 2.08 bits per heavy atom. The van der Waals surface area contributed by atoms with Crippen molar-refractivity contribution in [1.82, 2.24) is 14.8 Å². The normalized spacial score (nSPS) is 15.3. The van der Waals surface area contributed by atoms with Gasteiger partial charge in [0, 0.05) is 37.5 Å². The summed E-state index contributed by atoms with van der Waals surface area (Å²) in [6.07, 6.45) is -9.95. The van der Waals surface area contributed by atoms with Gasteiger partial charge in [-0.05, 0) is 92.3 Å². The Bertz CT molecular complexity index is 1860. The summed E-state index contributed by atoms with van der Waals surface area (Å²) < 4.78 is 108. The third kappa shape index (κ3) is 10.1. The van der Waals surface area contributed by atoms with E-state index >= 15 is 4.39 Å². The van der Waals surface area contributed by atoms with Crippen LogP contribution in [-0.2, 0) is 33.1 Å². The molecule has 1 N–H and O–H groups in total. The topological polar surface area (TPSA) is 80.6 Å². The van der Waals surface area contributed by atoms with Crippen LogP contribution in [0.25, 0.3) is 11.1 Å². The first kappa shape index (κ1) is 41.6. The fourth-order valence-corrected chi connectivity index (χ4v) is 7.16. The third-order valence-electron chi connectivity index (χ3n) is 9.38. The summed E-state index contributed by atoms with van der Waals surface area (Å²) in [4.78, 5) is 42.4. The molecule has 4 rings (SSSR count). The number of nitrogens with zero attached hydrogens (tertiary/aromatic N) is 2. The summed E-state index contributed by atoms with van der Waals surface area (Å²) in [6.45, 7) is 13.7. The molecule has 2 atom stereocenters. The number of pyridine rings is 1. The van der Waals surface area contributed by atoms with E-state index < -0.39 is 70.8 Å². The van der Waals surface area contributed by atoms with Crippen LogP contribution in [0.1, 0.15) is 91.6 Å². The quantitative estimate of drug-likeness (QED) is 0.140. The first-order valence-corrected chi connectivity index (χ1v) is 17.6. The molecule has 1 amide bonds. The molecule has 2 heterocycles. The lowest BCUT2D eigenvalue weighted by molar-refractivity contribution is -0.144. The van der Waals surface area contributed by atoms with Crippen molar-refractivity contribution in [3.63, 3.8) is 0 Å². The molecule has 1 aromatic heterocycles. The lowest BCUT2D eigenvalue weighted by Gasteiger charge is -2.37. The van der Waals surface area contributed by atoms with Gasteiger partial charge in [-0.25, -0.2) is 4.39 Å². The minimum atomic E-state index is -5.17. The Kier molecular flexibility index (Phi) is 12.9. The SMILES string of the molecule is CCOC(=O)C[C@H](NC(=O)C(CC(C)C)n1cc(CCN2CC(C)C2)c(C(F)(F)F)cc1=O)c1cc(-c2c(C)cc(C)cc2C)cc(C(F)(F)F)c1F. The summed E-state index contributed by atoms with van der Waals surface area (Å²) in [6, 6.07) is 2.60. The molecule has 1 saturated heterocycles. The second-order valence-electron chi connectivity index (χ2n) is 14.5. The van der Waals surface area contributed by atoms with E-state index in [1.54, 1.807) is 39.8 Å². The van der Waals surface area contributed by atoms with E-state index in [4.69, 9.17) is 4.74 Å². The van der Waals surface area contributed by atoms with Crippen LogP contribution in [0.4, 0.5) is 30.7 Å². The number of amides is 1. The summed E-state index contributed by atoms with van der Waals surface area (Å²) in [7, 11) is 0. The molecule has 1 aliphatic rings. The molecule has 0 aliphatic carbocycles. The average Bonchev–Trinajstić information content (AvgIpc) is 3.00. The number of carbonyl (C=O) groups excluding carboxylic acids is 2. The lowest BCUT2D eigenvalue weighted by atomic mass is 9.89. The number of aromatic nitrogens is 1. The molecule has 3 aromatic rings. The van der Waals surface area contributed by atoms with Gasteiger partial charge < -0.3 is 19.5 Å². The highest BCUT2D eigenvalue weighted by Gasteiger charge is 2.39. The standard InChI is InChI=1S/C39H46F7N3O4/c1-8-53-34(51)17-31(28-14-27(15-30(36(28)40)39(44,45)46)35-24(6)12-22(4)13-25(35)7)47-37(52)32(11-21(2)3)49-20-26(9-10-48-18-23(5)19-48)29(16-33(49)50)38(41,42)43/h12-16,20-21,23,31-32H,8-11,17-19H2,1-7H3,(H,47,52)/t31-,32?/m0/s1. The molecule has 7 nitrogen and oxygen atoms in total. The Balaban J connectivity index is 1.86. The van der Waals surface area contributed by atoms with Gasteiger partial charge >= 0.3 is 18.3 Å². The largest absolute Gasteiger partial charge is 0.466 e. The van der Waals surface area contributed by atoms with Crippen LogP contribution < -0.4 is 10.9 Å². The first-order valence-electron chi connectivity index (χ1n) is 17.6. The molecule has 1 aliphatic heterocycles. The molecule has 0 spiro atoms. The fraction of sp³-hybridized carbons (Fsp3) is 0.513. The molecule has 0 bridgehead atoms. The van der Waals surface area contributed by atoms with E-state index in [0.29, 0.717) is 47.8 Å². The molecule has 0 saturated carbocycles. The minimum absolute atomic E-state index is 0.00856. The van der Waals surface area contributed by atoms with Gasteiger partial charge in [0.1, 0.15) is 11.9 Å². The molecular weight excluding hydrogens is 707 g/mol. The van der Waals surface area contributed by atoms with Gasteiger partial charge in [0.15, 0.2) is 0 Å². The van der Waals surface area contributed by atoms with E-state index in [2.05, 4.69) is 5.32 Å². The first-order chi connectivity index (χ1) is 24.6. The summed E-state index contributed by atoms with van der Waals surface area (Å²) in [5.41, 5.74) is -2.27. The number of nitrogens with one attached hydrogen (secondary N) is 1. The number of benzene rings is 2. The van der Waals surface area contributed by atoms with Gasteiger partial charge in [-0.1, -0.05) is 38.5 Å². The van der Waals surface area contributed by atoms with Crippen molar-refractivity contribution in [2.75, 3.05) is 26.2 Å². The zero-order valence-electron chi connectivity index (χ0n) is 30.9. The second-order valence-corrected chi connectivity index (χ2v) is 14.5. The zero-order chi connectivity index (χ0) is 39.6. The predicted octanol–water partition coefficient (Wildman–Crippen LogP) is 8.51. The monoisotopic (exact) mass is 753 g/mol. The van der Waals surface area contributed by atoms with Crippen molar-refractivity contribution in [3.8, 4) is 11.1 Å².